The Morgan fingerprint density at radius 3 is 2.35 bits per heavy atom. The van der Waals surface area contributed by atoms with Crippen LogP contribution in [0.25, 0.3) is 11.0 Å². The Hall–Kier alpha value is -3.88. The number of imidazole rings is 1. The summed E-state index contributed by atoms with van der Waals surface area (Å²) in [5.74, 6) is -1.15. The topological polar surface area (TPSA) is 145 Å². The van der Waals surface area contributed by atoms with E-state index in [4.69, 9.17) is 5.73 Å². The number of nitrogen functional groups attached to an aromatic ring is 1. The molecular weight excluding hydrogens is 336 g/mol. The van der Waals surface area contributed by atoms with E-state index in [1.807, 2.05) is 0 Å². The molecule has 0 radical (unpaired) electrons. The van der Waals surface area contributed by atoms with Gasteiger partial charge in [0.1, 0.15) is 0 Å². The van der Waals surface area contributed by atoms with Gasteiger partial charge in [0.25, 0.3) is 5.91 Å². The first-order chi connectivity index (χ1) is 12.4. The monoisotopic (exact) mass is 352 g/mol. The van der Waals surface area contributed by atoms with Gasteiger partial charge < -0.3 is 21.0 Å². The molecule has 6 N–H and O–H groups in total. The Balaban J connectivity index is 1.79. The quantitative estimate of drug-likeness (QED) is 0.204. The van der Waals surface area contributed by atoms with Crippen LogP contribution in [0.1, 0.15) is 6.92 Å². The van der Waals surface area contributed by atoms with Crippen molar-refractivity contribution in [2.45, 2.75) is 6.92 Å². The maximum atomic E-state index is 12.3. The van der Waals surface area contributed by atoms with Crippen molar-refractivity contribution in [3.63, 3.8) is 0 Å². The van der Waals surface area contributed by atoms with E-state index in [1.54, 1.807) is 42.5 Å². The summed E-state index contributed by atoms with van der Waals surface area (Å²) < 4.78 is 0. The Morgan fingerprint density at radius 2 is 1.65 bits per heavy atom. The number of benzene rings is 2. The van der Waals surface area contributed by atoms with Crippen LogP contribution in [0, 0.1) is 0 Å². The molecular formula is C17H16N6O3. The number of ketones is 1. The SMILES string of the molecule is CC(=O)/C(=N/Nc1ccc2[nH]c(=O)[nH]c2c1)C(=O)Nc1ccc(N)cc1. The number of aromatic amines is 2. The predicted molar refractivity (Wildman–Crippen MR) is 100 cm³/mol. The van der Waals surface area contributed by atoms with Crippen LogP contribution in [-0.4, -0.2) is 27.4 Å². The first kappa shape index (κ1) is 17.0. The third-order valence-electron chi connectivity index (χ3n) is 3.53. The summed E-state index contributed by atoms with van der Waals surface area (Å²) in [6.07, 6.45) is 0. The molecule has 0 saturated carbocycles. The molecule has 26 heavy (non-hydrogen) atoms. The van der Waals surface area contributed by atoms with Gasteiger partial charge in [0.05, 0.1) is 16.7 Å². The van der Waals surface area contributed by atoms with Gasteiger partial charge in [0, 0.05) is 18.3 Å². The maximum Gasteiger partial charge on any atom is 0.323 e. The number of H-pyrrole nitrogens is 2. The van der Waals surface area contributed by atoms with Crippen LogP contribution in [0.2, 0.25) is 0 Å². The van der Waals surface area contributed by atoms with E-state index < -0.39 is 11.7 Å². The fraction of sp³-hybridized carbons (Fsp3) is 0.0588. The standard InChI is InChI=1S/C17H16N6O3/c1-9(24)15(16(25)19-11-4-2-10(18)3-5-11)23-22-12-6-7-13-14(8-12)21-17(26)20-13/h2-8,22H,18H2,1H3,(H,19,25)(H2,20,21,26)/b23-15-. The number of amides is 1. The highest BCUT2D eigenvalue weighted by Gasteiger charge is 2.17. The summed E-state index contributed by atoms with van der Waals surface area (Å²) in [5.41, 5.74) is 10.4. The molecule has 9 nitrogen and oxygen atoms in total. The van der Waals surface area contributed by atoms with Gasteiger partial charge in [-0.1, -0.05) is 0 Å². The van der Waals surface area contributed by atoms with E-state index in [-0.39, 0.29) is 11.4 Å². The highest BCUT2D eigenvalue weighted by Crippen LogP contribution is 2.15. The molecule has 1 amide bonds. The number of nitrogens with two attached hydrogens (primary N) is 1. The molecule has 3 rings (SSSR count). The summed E-state index contributed by atoms with van der Waals surface area (Å²) in [7, 11) is 0. The molecule has 0 spiro atoms. The first-order valence-electron chi connectivity index (χ1n) is 7.66. The van der Waals surface area contributed by atoms with E-state index in [2.05, 4.69) is 25.8 Å². The molecule has 2 aromatic carbocycles. The van der Waals surface area contributed by atoms with Crippen molar-refractivity contribution in [1.29, 1.82) is 0 Å². The minimum atomic E-state index is -0.647. The van der Waals surface area contributed by atoms with Crippen LogP contribution in [0.15, 0.2) is 52.4 Å². The van der Waals surface area contributed by atoms with Gasteiger partial charge in [0.2, 0.25) is 0 Å². The Morgan fingerprint density at radius 1 is 1.00 bits per heavy atom. The molecule has 0 unspecified atom stereocenters. The van der Waals surface area contributed by atoms with Crippen molar-refractivity contribution in [1.82, 2.24) is 9.97 Å². The average molecular weight is 352 g/mol. The van der Waals surface area contributed by atoms with Gasteiger partial charge in [-0.05, 0) is 42.5 Å². The van der Waals surface area contributed by atoms with Crippen molar-refractivity contribution in [3.05, 3.63) is 52.9 Å². The predicted octanol–water partition coefficient (Wildman–Crippen LogP) is 1.43. The van der Waals surface area contributed by atoms with Crippen LogP contribution < -0.4 is 22.2 Å². The molecule has 9 heteroatoms. The van der Waals surface area contributed by atoms with Gasteiger partial charge in [0.15, 0.2) is 11.5 Å². The van der Waals surface area contributed by atoms with Gasteiger partial charge in [-0.3, -0.25) is 15.0 Å². The lowest BCUT2D eigenvalue weighted by atomic mass is 10.2. The fourth-order valence-corrected chi connectivity index (χ4v) is 2.27. The number of anilines is 3. The molecule has 0 bridgehead atoms. The zero-order valence-corrected chi connectivity index (χ0v) is 13.8. The largest absolute Gasteiger partial charge is 0.399 e. The zero-order valence-electron chi connectivity index (χ0n) is 13.8. The van der Waals surface area contributed by atoms with Crippen molar-refractivity contribution in [2.75, 3.05) is 16.5 Å². The maximum absolute atomic E-state index is 12.3. The molecule has 0 atom stereocenters. The van der Waals surface area contributed by atoms with Crippen molar-refractivity contribution < 1.29 is 9.59 Å². The van der Waals surface area contributed by atoms with E-state index in [0.29, 0.717) is 28.1 Å². The zero-order chi connectivity index (χ0) is 18.7. The third-order valence-corrected chi connectivity index (χ3v) is 3.53. The van der Waals surface area contributed by atoms with Crippen molar-refractivity contribution in [3.8, 4) is 0 Å². The Labute approximate surface area is 147 Å². The fourth-order valence-electron chi connectivity index (χ4n) is 2.27. The lowest BCUT2D eigenvalue weighted by Gasteiger charge is -2.07. The lowest BCUT2D eigenvalue weighted by Crippen LogP contribution is -2.29. The summed E-state index contributed by atoms with van der Waals surface area (Å²) in [6.45, 7) is 1.25. The summed E-state index contributed by atoms with van der Waals surface area (Å²) in [4.78, 5) is 40.6. The third kappa shape index (κ3) is 3.78. The van der Waals surface area contributed by atoms with Crippen LogP contribution >= 0.6 is 0 Å². The molecule has 0 fully saturated rings. The summed E-state index contributed by atoms with van der Waals surface area (Å²) in [6, 6.07) is 11.5. The molecule has 1 aromatic heterocycles. The minimum absolute atomic E-state index is 0.288. The van der Waals surface area contributed by atoms with E-state index in [9.17, 15) is 14.4 Å². The van der Waals surface area contributed by atoms with Crippen molar-refractivity contribution in [2.24, 2.45) is 5.10 Å². The summed E-state index contributed by atoms with van der Waals surface area (Å²) >= 11 is 0. The number of nitrogens with one attached hydrogen (secondary N) is 4. The van der Waals surface area contributed by atoms with Crippen molar-refractivity contribution >= 4 is 45.5 Å². The number of hydrogen-bond acceptors (Lipinski definition) is 6. The smallest absolute Gasteiger partial charge is 0.323 e. The highest BCUT2D eigenvalue weighted by molar-refractivity contribution is 6.67. The van der Waals surface area contributed by atoms with Gasteiger partial charge in [-0.15, -0.1) is 0 Å². The normalized spacial score (nSPS) is 11.3. The van der Waals surface area contributed by atoms with E-state index in [0.717, 1.165) is 0 Å². The van der Waals surface area contributed by atoms with Crippen LogP contribution in [0.5, 0.6) is 0 Å². The van der Waals surface area contributed by atoms with Crippen LogP contribution in [0.3, 0.4) is 0 Å². The highest BCUT2D eigenvalue weighted by atomic mass is 16.2. The number of nitrogens with zero attached hydrogens (tertiary/aromatic N) is 1. The number of fused-ring (bicyclic) bond motifs is 1. The van der Waals surface area contributed by atoms with E-state index in [1.165, 1.54) is 6.92 Å². The summed E-state index contributed by atoms with van der Waals surface area (Å²) in [5, 5.41) is 6.48. The van der Waals surface area contributed by atoms with Gasteiger partial charge in [-0.2, -0.15) is 5.10 Å². The number of carbonyl (C=O) groups excluding carboxylic acids is 2. The second-order valence-corrected chi connectivity index (χ2v) is 5.54. The number of carbonyl (C=O) groups is 2. The van der Waals surface area contributed by atoms with Crippen LogP contribution in [0.4, 0.5) is 17.1 Å². The first-order valence-corrected chi connectivity index (χ1v) is 7.66. The van der Waals surface area contributed by atoms with Gasteiger partial charge >= 0.3 is 5.69 Å². The second kappa shape index (κ2) is 6.93. The molecule has 0 aliphatic carbocycles. The molecule has 0 saturated heterocycles. The Kier molecular flexibility index (Phi) is 4.52. The van der Waals surface area contributed by atoms with Crippen LogP contribution in [-0.2, 0) is 9.59 Å². The molecule has 3 aromatic rings. The second-order valence-electron chi connectivity index (χ2n) is 5.54. The molecule has 0 aliphatic heterocycles. The van der Waals surface area contributed by atoms with E-state index >= 15 is 0 Å². The van der Waals surface area contributed by atoms with Gasteiger partial charge in [-0.25, -0.2) is 4.79 Å². The number of hydrazone groups is 1. The number of rotatable bonds is 5. The number of Topliss-reactive ketones (excluding diaryl/α,β-unsaturated/α-hetero) is 1. The molecule has 0 aliphatic rings. The average Bonchev–Trinajstić information content (AvgIpc) is 2.96. The lowest BCUT2D eigenvalue weighted by molar-refractivity contribution is -0.114. The Bertz CT molecular complexity index is 1060. The number of aromatic nitrogens is 2. The molecule has 1 heterocycles. The number of hydrogen-bond donors (Lipinski definition) is 5. The minimum Gasteiger partial charge on any atom is -0.399 e. The molecule has 132 valence electrons.